The molecule has 0 saturated heterocycles. The zero-order chi connectivity index (χ0) is 12.7. The van der Waals surface area contributed by atoms with Crippen LogP contribution in [0, 0.1) is 6.92 Å². The number of hydrogen-bond acceptors (Lipinski definition) is 1. The van der Waals surface area contributed by atoms with Crippen LogP contribution in [0.3, 0.4) is 0 Å². The summed E-state index contributed by atoms with van der Waals surface area (Å²) in [5, 5.41) is 1.10. The maximum absolute atomic E-state index is 6.03. The van der Waals surface area contributed by atoms with Crippen LogP contribution in [0.4, 0.5) is 0 Å². The molecule has 2 heterocycles. The predicted molar refractivity (Wildman–Crippen MR) is 75.4 cm³/mol. The van der Waals surface area contributed by atoms with Gasteiger partial charge in [0.2, 0.25) is 0 Å². The molecule has 0 aliphatic heterocycles. The molecule has 1 aromatic carbocycles. The highest BCUT2D eigenvalue weighted by Gasteiger charge is 2.07. The fourth-order valence-electron chi connectivity index (χ4n) is 1.94. The number of aromatic nitrogens is 2. The van der Waals surface area contributed by atoms with E-state index in [1.54, 1.807) is 6.07 Å². The summed E-state index contributed by atoms with van der Waals surface area (Å²) in [7, 11) is 0. The van der Waals surface area contributed by atoms with Crippen molar-refractivity contribution < 1.29 is 0 Å². The summed E-state index contributed by atoms with van der Waals surface area (Å²) in [4.78, 5) is 4.58. The molecule has 0 radical (unpaired) electrons. The van der Waals surface area contributed by atoms with Gasteiger partial charge in [0.1, 0.15) is 5.65 Å². The molecule has 3 aromatic rings. The minimum absolute atomic E-state index is 0.544. The molecule has 2 nitrogen and oxygen atoms in total. The van der Waals surface area contributed by atoms with E-state index in [1.807, 2.05) is 43.5 Å². The zero-order valence-corrected chi connectivity index (χ0v) is 11.2. The third-order valence-electron chi connectivity index (χ3n) is 2.91. The fraction of sp³-hybridized carbons (Fsp3) is 0.0714. The predicted octanol–water partition coefficient (Wildman–Crippen LogP) is 4.62. The lowest BCUT2D eigenvalue weighted by molar-refractivity contribution is 1.09. The number of benzene rings is 1. The van der Waals surface area contributed by atoms with Crippen molar-refractivity contribution in [3.05, 3.63) is 58.3 Å². The monoisotopic (exact) mass is 276 g/mol. The Bertz CT molecular complexity index is 732. The van der Waals surface area contributed by atoms with Crippen LogP contribution >= 0.6 is 23.2 Å². The summed E-state index contributed by atoms with van der Waals surface area (Å²) < 4.78 is 2.05. The summed E-state index contributed by atoms with van der Waals surface area (Å²) in [5.74, 6) is 0. The van der Waals surface area contributed by atoms with Crippen LogP contribution in [0.1, 0.15) is 5.69 Å². The first-order chi connectivity index (χ1) is 8.65. The molecule has 4 heteroatoms. The van der Waals surface area contributed by atoms with E-state index < -0.39 is 0 Å². The molecule has 0 fully saturated rings. The van der Waals surface area contributed by atoms with E-state index in [0.717, 1.165) is 22.6 Å². The Labute approximate surface area is 115 Å². The number of pyridine rings is 1. The number of fused-ring (bicyclic) bond motifs is 1. The summed E-state index contributed by atoms with van der Waals surface area (Å²) in [6.07, 6.45) is 2.00. The van der Waals surface area contributed by atoms with Crippen molar-refractivity contribution >= 4 is 28.8 Å². The van der Waals surface area contributed by atoms with E-state index in [-0.39, 0.29) is 0 Å². The number of aryl methyl sites for hydroxylation is 1. The quantitative estimate of drug-likeness (QED) is 0.634. The molecule has 18 heavy (non-hydrogen) atoms. The highest BCUT2D eigenvalue weighted by atomic mass is 35.5. The van der Waals surface area contributed by atoms with Crippen LogP contribution in [0.25, 0.3) is 16.9 Å². The molecular formula is C14H10Cl2N2. The van der Waals surface area contributed by atoms with Crippen molar-refractivity contribution in [2.24, 2.45) is 0 Å². The van der Waals surface area contributed by atoms with Gasteiger partial charge in [-0.3, -0.25) is 0 Å². The molecule has 0 amide bonds. The molecule has 3 rings (SSSR count). The van der Waals surface area contributed by atoms with Gasteiger partial charge in [0, 0.05) is 17.5 Å². The van der Waals surface area contributed by atoms with Gasteiger partial charge in [-0.05, 0) is 31.2 Å². The smallest absolute Gasteiger partial charge is 0.137 e. The summed E-state index contributed by atoms with van der Waals surface area (Å²) in [5.41, 5.74) is 3.93. The average Bonchev–Trinajstić information content (AvgIpc) is 2.78. The lowest BCUT2D eigenvalue weighted by atomic mass is 10.2. The van der Waals surface area contributed by atoms with Gasteiger partial charge in [0.05, 0.1) is 15.7 Å². The van der Waals surface area contributed by atoms with Gasteiger partial charge >= 0.3 is 0 Å². The zero-order valence-electron chi connectivity index (χ0n) is 9.69. The first kappa shape index (κ1) is 11.6. The van der Waals surface area contributed by atoms with Crippen LogP contribution in [0.15, 0.2) is 42.6 Å². The second-order valence-corrected chi connectivity index (χ2v) is 4.96. The minimum Gasteiger partial charge on any atom is -0.304 e. The Morgan fingerprint density at radius 2 is 1.89 bits per heavy atom. The van der Waals surface area contributed by atoms with Crippen LogP contribution < -0.4 is 0 Å². The van der Waals surface area contributed by atoms with Crippen LogP contribution in [0.2, 0.25) is 10.0 Å². The summed E-state index contributed by atoms with van der Waals surface area (Å²) >= 11 is 11.9. The minimum atomic E-state index is 0.544. The fourth-order valence-corrected chi connectivity index (χ4v) is 2.24. The Kier molecular flexibility index (Phi) is 2.77. The van der Waals surface area contributed by atoms with E-state index in [4.69, 9.17) is 23.2 Å². The Morgan fingerprint density at radius 3 is 2.61 bits per heavy atom. The molecule has 0 aliphatic rings. The molecule has 0 N–H and O–H groups in total. The van der Waals surface area contributed by atoms with Gasteiger partial charge in [0.25, 0.3) is 0 Å². The van der Waals surface area contributed by atoms with Gasteiger partial charge in [-0.25, -0.2) is 4.98 Å². The molecule has 2 aromatic heterocycles. The molecule has 0 atom stereocenters. The van der Waals surface area contributed by atoms with Crippen molar-refractivity contribution in [2.75, 3.05) is 0 Å². The average molecular weight is 277 g/mol. The molecular weight excluding hydrogens is 267 g/mol. The molecule has 0 bridgehead atoms. The maximum Gasteiger partial charge on any atom is 0.137 e. The summed E-state index contributed by atoms with van der Waals surface area (Å²) in [6.45, 7) is 2.05. The van der Waals surface area contributed by atoms with E-state index in [9.17, 15) is 0 Å². The SMILES string of the molecule is Cc1cccc2nc(-c3ccc(Cl)c(Cl)c3)cn12. The number of nitrogens with zero attached hydrogens (tertiary/aromatic N) is 2. The highest BCUT2D eigenvalue weighted by molar-refractivity contribution is 6.42. The number of imidazole rings is 1. The largest absolute Gasteiger partial charge is 0.304 e. The highest BCUT2D eigenvalue weighted by Crippen LogP contribution is 2.28. The number of hydrogen-bond donors (Lipinski definition) is 0. The molecule has 90 valence electrons. The van der Waals surface area contributed by atoms with Gasteiger partial charge < -0.3 is 4.40 Å². The summed E-state index contributed by atoms with van der Waals surface area (Å²) in [6, 6.07) is 11.6. The second-order valence-electron chi connectivity index (χ2n) is 4.15. The second kappa shape index (κ2) is 4.30. The first-order valence-corrected chi connectivity index (χ1v) is 6.31. The standard InChI is InChI=1S/C14H10Cl2N2/c1-9-3-2-4-14-17-13(8-18(9)14)10-5-6-11(15)12(16)7-10/h2-8H,1H3. The molecule has 0 aliphatic carbocycles. The van der Waals surface area contributed by atoms with Crippen molar-refractivity contribution in [1.82, 2.24) is 9.38 Å². The Balaban J connectivity index is 2.19. The normalized spacial score (nSPS) is 11.1. The van der Waals surface area contributed by atoms with E-state index >= 15 is 0 Å². The lowest BCUT2D eigenvalue weighted by Crippen LogP contribution is -1.86. The van der Waals surface area contributed by atoms with Crippen LogP contribution in [-0.4, -0.2) is 9.38 Å². The van der Waals surface area contributed by atoms with E-state index in [2.05, 4.69) is 9.38 Å². The Hall–Kier alpha value is -1.51. The lowest BCUT2D eigenvalue weighted by Gasteiger charge is -1.99. The topological polar surface area (TPSA) is 17.3 Å². The molecule has 0 unspecified atom stereocenters. The van der Waals surface area contributed by atoms with Gasteiger partial charge in [-0.1, -0.05) is 35.3 Å². The van der Waals surface area contributed by atoms with E-state index in [0.29, 0.717) is 10.0 Å². The van der Waals surface area contributed by atoms with Gasteiger partial charge in [-0.2, -0.15) is 0 Å². The Morgan fingerprint density at radius 1 is 1.06 bits per heavy atom. The first-order valence-electron chi connectivity index (χ1n) is 5.55. The van der Waals surface area contributed by atoms with Crippen LogP contribution in [0.5, 0.6) is 0 Å². The van der Waals surface area contributed by atoms with Crippen molar-refractivity contribution in [2.45, 2.75) is 6.92 Å². The van der Waals surface area contributed by atoms with Crippen LogP contribution in [-0.2, 0) is 0 Å². The number of halogens is 2. The number of rotatable bonds is 1. The van der Waals surface area contributed by atoms with Gasteiger partial charge in [-0.15, -0.1) is 0 Å². The van der Waals surface area contributed by atoms with E-state index in [1.165, 1.54) is 0 Å². The third-order valence-corrected chi connectivity index (χ3v) is 3.65. The molecule has 0 saturated carbocycles. The van der Waals surface area contributed by atoms with Crippen molar-refractivity contribution in [1.29, 1.82) is 0 Å². The van der Waals surface area contributed by atoms with Crippen molar-refractivity contribution in [3.8, 4) is 11.3 Å². The molecule has 0 spiro atoms. The van der Waals surface area contributed by atoms with Gasteiger partial charge in [0.15, 0.2) is 0 Å². The maximum atomic E-state index is 6.03. The third kappa shape index (κ3) is 1.88. The van der Waals surface area contributed by atoms with Crippen molar-refractivity contribution in [3.63, 3.8) is 0 Å².